The molecule has 0 saturated heterocycles. The van der Waals surface area contributed by atoms with Crippen molar-refractivity contribution in [3.8, 4) is 5.75 Å². The Labute approximate surface area is 148 Å². The van der Waals surface area contributed by atoms with E-state index in [4.69, 9.17) is 4.74 Å². The number of ether oxygens (including phenoxy) is 1. The van der Waals surface area contributed by atoms with Gasteiger partial charge in [-0.3, -0.25) is 4.79 Å². The van der Waals surface area contributed by atoms with E-state index in [-0.39, 0.29) is 11.8 Å². The van der Waals surface area contributed by atoms with Gasteiger partial charge in [-0.2, -0.15) is 0 Å². The van der Waals surface area contributed by atoms with E-state index in [1.54, 1.807) is 7.11 Å². The topological polar surface area (TPSA) is 69.0 Å². The molecule has 1 aromatic heterocycles. The van der Waals surface area contributed by atoms with Crippen LogP contribution in [0.15, 0.2) is 24.3 Å². The van der Waals surface area contributed by atoms with Gasteiger partial charge in [0.2, 0.25) is 5.91 Å². The number of rotatable bonds is 8. The van der Waals surface area contributed by atoms with E-state index in [0.29, 0.717) is 11.7 Å². The molecule has 1 aromatic carbocycles. The van der Waals surface area contributed by atoms with Crippen molar-refractivity contribution in [1.29, 1.82) is 0 Å². The summed E-state index contributed by atoms with van der Waals surface area (Å²) in [7, 11) is 1.66. The van der Waals surface area contributed by atoms with E-state index in [9.17, 15) is 4.79 Å². The minimum Gasteiger partial charge on any atom is -0.497 e. The van der Waals surface area contributed by atoms with Gasteiger partial charge >= 0.3 is 0 Å². The molecule has 25 heavy (non-hydrogen) atoms. The second kappa shape index (κ2) is 7.68. The van der Waals surface area contributed by atoms with Crippen LogP contribution in [0.5, 0.6) is 5.75 Å². The van der Waals surface area contributed by atoms with Crippen LogP contribution < -0.4 is 10.1 Å². The summed E-state index contributed by atoms with van der Waals surface area (Å²) in [5.41, 5.74) is 2.19. The van der Waals surface area contributed by atoms with Gasteiger partial charge in [0.15, 0.2) is 5.82 Å². The van der Waals surface area contributed by atoms with Crippen LogP contribution in [0.2, 0.25) is 0 Å². The molecule has 0 radical (unpaired) electrons. The lowest BCUT2D eigenvalue weighted by atomic mass is 10.1. The highest BCUT2D eigenvalue weighted by atomic mass is 16.5. The lowest BCUT2D eigenvalue weighted by Gasteiger charge is -2.11. The fourth-order valence-corrected chi connectivity index (χ4v) is 3.03. The smallest absolute Gasteiger partial charge is 0.228 e. The highest BCUT2D eigenvalue weighted by Gasteiger charge is 2.33. The highest BCUT2D eigenvalue weighted by molar-refractivity contribution is 5.92. The second-order valence-electron chi connectivity index (χ2n) is 6.67. The lowest BCUT2D eigenvalue weighted by Crippen LogP contribution is -2.22. The van der Waals surface area contributed by atoms with Crippen molar-refractivity contribution < 1.29 is 9.53 Å². The van der Waals surface area contributed by atoms with Gasteiger partial charge in [-0.1, -0.05) is 31.2 Å². The van der Waals surface area contributed by atoms with Crippen LogP contribution in [0, 0.1) is 11.8 Å². The Morgan fingerprint density at radius 1 is 1.36 bits per heavy atom. The molecule has 1 N–H and O–H groups in total. The summed E-state index contributed by atoms with van der Waals surface area (Å²) < 4.78 is 7.07. The molecular formula is C19H26N4O2. The van der Waals surface area contributed by atoms with E-state index in [2.05, 4.69) is 34.7 Å². The number of benzene rings is 1. The van der Waals surface area contributed by atoms with Crippen LogP contribution in [0.1, 0.15) is 37.9 Å². The van der Waals surface area contributed by atoms with Gasteiger partial charge in [-0.05, 0) is 49.3 Å². The molecule has 1 aliphatic carbocycles. The number of nitrogens with zero attached hydrogens (tertiary/aromatic N) is 3. The van der Waals surface area contributed by atoms with Gasteiger partial charge in [-0.15, -0.1) is 5.10 Å². The van der Waals surface area contributed by atoms with Gasteiger partial charge in [0.25, 0.3) is 0 Å². The molecule has 6 heteroatoms. The first-order valence-corrected chi connectivity index (χ1v) is 8.98. The van der Waals surface area contributed by atoms with E-state index in [0.717, 1.165) is 43.7 Å². The summed E-state index contributed by atoms with van der Waals surface area (Å²) in [4.78, 5) is 12.3. The number of nitrogens with one attached hydrogen (secondary N) is 1. The third-order valence-corrected chi connectivity index (χ3v) is 4.93. The minimum absolute atomic E-state index is 0.0501. The average molecular weight is 342 g/mol. The van der Waals surface area contributed by atoms with Crippen molar-refractivity contribution in [2.24, 2.45) is 11.8 Å². The van der Waals surface area contributed by atoms with Crippen LogP contribution in [-0.4, -0.2) is 28.0 Å². The Hall–Kier alpha value is -2.37. The first kappa shape index (κ1) is 17.5. The van der Waals surface area contributed by atoms with Crippen LogP contribution in [0.25, 0.3) is 0 Å². The first-order chi connectivity index (χ1) is 12.1. The van der Waals surface area contributed by atoms with Crippen molar-refractivity contribution in [1.82, 2.24) is 15.0 Å². The van der Waals surface area contributed by atoms with Crippen LogP contribution >= 0.6 is 0 Å². The third kappa shape index (κ3) is 4.18. The molecular weight excluding hydrogens is 316 g/mol. The zero-order valence-corrected chi connectivity index (χ0v) is 15.2. The minimum atomic E-state index is 0.0501. The number of hydrogen-bond acceptors (Lipinski definition) is 4. The summed E-state index contributed by atoms with van der Waals surface area (Å²) in [6.07, 6.45) is 3.95. The Morgan fingerprint density at radius 3 is 2.68 bits per heavy atom. The lowest BCUT2D eigenvalue weighted by molar-refractivity contribution is -0.120. The molecule has 1 atom stereocenters. The molecule has 2 aromatic rings. The van der Waals surface area contributed by atoms with Crippen molar-refractivity contribution in [3.05, 3.63) is 35.5 Å². The molecule has 0 spiro atoms. The zero-order chi connectivity index (χ0) is 17.8. The largest absolute Gasteiger partial charge is 0.497 e. The van der Waals surface area contributed by atoms with Gasteiger partial charge in [-0.25, -0.2) is 4.68 Å². The molecule has 1 amide bonds. The number of amides is 1. The molecule has 1 saturated carbocycles. The van der Waals surface area contributed by atoms with Gasteiger partial charge in [0, 0.05) is 12.5 Å². The number of aromatic nitrogens is 3. The van der Waals surface area contributed by atoms with Crippen molar-refractivity contribution in [2.75, 3.05) is 12.4 Å². The molecule has 0 unspecified atom stereocenters. The quantitative estimate of drug-likeness (QED) is 0.800. The number of aryl methyl sites for hydroxylation is 2. The SMILES string of the molecule is CCc1c(NC(=O)[C@H](C)C2CC2)nnn1CCc1ccc(OC)cc1. The van der Waals surface area contributed by atoms with Crippen LogP contribution in [0.4, 0.5) is 5.82 Å². The molecule has 0 aliphatic heterocycles. The van der Waals surface area contributed by atoms with Crippen LogP contribution in [-0.2, 0) is 24.2 Å². The number of carbonyl (C=O) groups is 1. The summed E-state index contributed by atoms with van der Waals surface area (Å²) >= 11 is 0. The number of anilines is 1. The van der Waals surface area contributed by atoms with E-state index in [1.807, 2.05) is 23.7 Å². The van der Waals surface area contributed by atoms with Crippen molar-refractivity contribution in [3.63, 3.8) is 0 Å². The van der Waals surface area contributed by atoms with Gasteiger partial charge < -0.3 is 10.1 Å². The van der Waals surface area contributed by atoms with Crippen molar-refractivity contribution >= 4 is 11.7 Å². The van der Waals surface area contributed by atoms with Crippen LogP contribution in [0.3, 0.4) is 0 Å². The Bertz CT molecular complexity index is 720. The summed E-state index contributed by atoms with van der Waals surface area (Å²) in [5, 5.41) is 11.4. The molecule has 6 nitrogen and oxygen atoms in total. The number of methoxy groups -OCH3 is 1. The molecule has 1 heterocycles. The highest BCUT2D eigenvalue weighted by Crippen LogP contribution is 2.37. The van der Waals surface area contributed by atoms with E-state index < -0.39 is 0 Å². The summed E-state index contributed by atoms with van der Waals surface area (Å²) in [6.45, 7) is 4.78. The molecule has 3 rings (SSSR count). The van der Waals surface area contributed by atoms with Gasteiger partial charge in [0.1, 0.15) is 5.75 Å². The molecule has 134 valence electrons. The number of hydrogen-bond donors (Lipinski definition) is 1. The fourth-order valence-electron chi connectivity index (χ4n) is 3.03. The Kier molecular flexibility index (Phi) is 5.36. The maximum Gasteiger partial charge on any atom is 0.228 e. The Morgan fingerprint density at radius 2 is 2.08 bits per heavy atom. The molecule has 1 fully saturated rings. The molecule has 1 aliphatic rings. The zero-order valence-electron chi connectivity index (χ0n) is 15.2. The fraction of sp³-hybridized carbons (Fsp3) is 0.526. The monoisotopic (exact) mass is 342 g/mol. The predicted octanol–water partition coefficient (Wildman–Crippen LogP) is 3.08. The summed E-state index contributed by atoms with van der Waals surface area (Å²) in [6, 6.07) is 8.04. The average Bonchev–Trinajstić information content (AvgIpc) is 3.42. The third-order valence-electron chi connectivity index (χ3n) is 4.93. The normalized spacial score (nSPS) is 15.0. The van der Waals surface area contributed by atoms with Gasteiger partial charge in [0.05, 0.1) is 12.8 Å². The second-order valence-corrected chi connectivity index (χ2v) is 6.67. The van der Waals surface area contributed by atoms with E-state index >= 15 is 0 Å². The standard InChI is InChI=1S/C19H26N4O2/c1-4-17-18(20-19(24)13(2)15-7-8-15)21-22-23(17)12-11-14-5-9-16(25-3)10-6-14/h5-6,9-10,13,15H,4,7-8,11-12H2,1-3H3,(H,20,24)/t13-/m1/s1. The first-order valence-electron chi connectivity index (χ1n) is 8.98. The van der Waals surface area contributed by atoms with E-state index in [1.165, 1.54) is 5.56 Å². The Balaban J connectivity index is 1.63. The molecule has 0 bridgehead atoms. The summed E-state index contributed by atoms with van der Waals surface area (Å²) in [5.74, 6) is 2.10. The maximum atomic E-state index is 12.3. The predicted molar refractivity (Wildman–Crippen MR) is 96.6 cm³/mol. The van der Waals surface area contributed by atoms with Crippen molar-refractivity contribution in [2.45, 2.75) is 46.1 Å². The maximum absolute atomic E-state index is 12.3. The number of carbonyl (C=O) groups excluding carboxylic acids is 1.